The summed E-state index contributed by atoms with van der Waals surface area (Å²) in [6.45, 7) is 10.3. The summed E-state index contributed by atoms with van der Waals surface area (Å²) >= 11 is 0. The molecule has 0 aliphatic carbocycles. The van der Waals surface area contributed by atoms with Crippen LogP contribution in [0.2, 0.25) is 0 Å². The van der Waals surface area contributed by atoms with Gasteiger partial charge < -0.3 is 15.6 Å². The van der Waals surface area contributed by atoms with Crippen LogP contribution in [0.1, 0.15) is 41.0 Å². The summed E-state index contributed by atoms with van der Waals surface area (Å²) in [7, 11) is 0. The lowest BCUT2D eigenvalue weighted by atomic mass is 9.82. The number of nitrogens with one attached hydrogen (secondary N) is 1. The molecule has 0 fully saturated rings. The van der Waals surface area contributed by atoms with E-state index in [4.69, 9.17) is 5.73 Å². The third kappa shape index (κ3) is 5.47. The zero-order valence-corrected chi connectivity index (χ0v) is 13.0. The van der Waals surface area contributed by atoms with Crippen molar-refractivity contribution in [2.24, 2.45) is 5.41 Å². The van der Waals surface area contributed by atoms with Gasteiger partial charge in [-0.05, 0) is 31.7 Å². The highest BCUT2D eigenvalue weighted by Gasteiger charge is 2.26. The molecule has 0 saturated carbocycles. The molecule has 1 amide bonds. The van der Waals surface area contributed by atoms with E-state index in [1.807, 2.05) is 13.8 Å². The highest BCUT2D eigenvalue weighted by molar-refractivity contribution is 5.76. The van der Waals surface area contributed by atoms with Crippen molar-refractivity contribution < 1.29 is 4.79 Å². The van der Waals surface area contributed by atoms with Crippen molar-refractivity contribution in [3.8, 4) is 0 Å². The molecule has 112 valence electrons. The average molecular weight is 279 g/mol. The van der Waals surface area contributed by atoms with Crippen molar-refractivity contribution in [2.45, 2.75) is 53.1 Å². The largest absolute Gasteiger partial charge is 0.398 e. The fraction of sp³-hybridized carbons (Fsp3) is 0.600. The molecule has 5 heteroatoms. The second-order valence-corrected chi connectivity index (χ2v) is 7.10. The molecule has 0 saturated heterocycles. The van der Waals surface area contributed by atoms with Crippen LogP contribution in [-0.4, -0.2) is 16.0 Å². The zero-order valence-electron chi connectivity index (χ0n) is 13.0. The molecule has 1 rings (SSSR count). The lowest BCUT2D eigenvalue weighted by Crippen LogP contribution is -2.47. The van der Waals surface area contributed by atoms with Crippen LogP contribution in [0.3, 0.4) is 0 Å². The summed E-state index contributed by atoms with van der Waals surface area (Å²) in [5.41, 5.74) is 5.65. The summed E-state index contributed by atoms with van der Waals surface area (Å²) < 4.78 is 1.32. The second kappa shape index (κ2) is 5.69. The van der Waals surface area contributed by atoms with Gasteiger partial charge >= 0.3 is 0 Å². The van der Waals surface area contributed by atoms with Gasteiger partial charge in [-0.25, -0.2) is 0 Å². The Morgan fingerprint density at radius 1 is 1.25 bits per heavy atom. The van der Waals surface area contributed by atoms with Gasteiger partial charge in [-0.1, -0.05) is 20.8 Å². The van der Waals surface area contributed by atoms with Crippen LogP contribution in [0.4, 0.5) is 5.69 Å². The molecule has 1 aromatic heterocycles. The van der Waals surface area contributed by atoms with Crippen LogP contribution in [0, 0.1) is 5.41 Å². The minimum Gasteiger partial charge on any atom is -0.398 e. The number of hydrogen-bond acceptors (Lipinski definition) is 3. The van der Waals surface area contributed by atoms with Crippen molar-refractivity contribution in [3.63, 3.8) is 0 Å². The first kappa shape index (κ1) is 16.3. The lowest BCUT2D eigenvalue weighted by molar-refractivity contribution is -0.123. The zero-order chi connectivity index (χ0) is 15.6. The fourth-order valence-corrected chi connectivity index (χ4v) is 2.62. The molecule has 0 unspecified atom stereocenters. The molecular formula is C15H25N3O2. The first-order valence-corrected chi connectivity index (χ1v) is 6.75. The molecular weight excluding hydrogens is 254 g/mol. The van der Waals surface area contributed by atoms with Crippen LogP contribution in [0.25, 0.3) is 0 Å². The summed E-state index contributed by atoms with van der Waals surface area (Å²) in [5, 5.41) is 2.97. The lowest BCUT2D eigenvalue weighted by Gasteiger charge is -2.33. The summed E-state index contributed by atoms with van der Waals surface area (Å²) in [6, 6.07) is 2.89. The normalized spacial score (nSPS) is 12.2. The number of nitrogen functional groups attached to an aromatic ring is 1. The molecule has 0 bridgehead atoms. The van der Waals surface area contributed by atoms with Crippen molar-refractivity contribution in [1.29, 1.82) is 0 Å². The van der Waals surface area contributed by atoms with E-state index in [1.165, 1.54) is 22.9 Å². The fourth-order valence-electron chi connectivity index (χ4n) is 2.62. The van der Waals surface area contributed by atoms with E-state index in [1.54, 1.807) is 0 Å². The third-order valence-electron chi connectivity index (χ3n) is 2.77. The Bertz CT molecular complexity index is 539. The maximum absolute atomic E-state index is 12.1. The number of carbonyl (C=O) groups excluding carboxylic acids is 1. The van der Waals surface area contributed by atoms with Crippen LogP contribution in [0.5, 0.6) is 0 Å². The Balaban J connectivity index is 2.73. The van der Waals surface area contributed by atoms with Gasteiger partial charge in [-0.15, -0.1) is 0 Å². The number of anilines is 1. The number of hydrogen-bond donors (Lipinski definition) is 2. The maximum atomic E-state index is 12.1. The van der Waals surface area contributed by atoms with Gasteiger partial charge in [-0.3, -0.25) is 9.59 Å². The summed E-state index contributed by atoms with van der Waals surface area (Å²) in [5.74, 6) is -0.188. The topological polar surface area (TPSA) is 77.1 Å². The van der Waals surface area contributed by atoms with Crippen molar-refractivity contribution in [1.82, 2.24) is 9.88 Å². The first-order valence-electron chi connectivity index (χ1n) is 6.75. The third-order valence-corrected chi connectivity index (χ3v) is 2.77. The van der Waals surface area contributed by atoms with E-state index < -0.39 is 0 Å². The van der Waals surface area contributed by atoms with Gasteiger partial charge in [0.2, 0.25) is 5.91 Å². The van der Waals surface area contributed by atoms with Gasteiger partial charge in [0.25, 0.3) is 5.56 Å². The SMILES string of the molecule is CC(C)(C)CC(C)(C)NC(=O)Cn1cc(N)ccc1=O. The van der Waals surface area contributed by atoms with Gasteiger partial charge in [0.1, 0.15) is 6.54 Å². The predicted molar refractivity (Wildman–Crippen MR) is 81.4 cm³/mol. The van der Waals surface area contributed by atoms with E-state index in [2.05, 4.69) is 26.1 Å². The molecule has 1 aromatic rings. The van der Waals surface area contributed by atoms with Crippen LogP contribution in [-0.2, 0) is 11.3 Å². The number of pyridine rings is 1. The molecule has 0 aliphatic heterocycles. The quantitative estimate of drug-likeness (QED) is 0.881. The highest BCUT2D eigenvalue weighted by atomic mass is 16.2. The predicted octanol–water partition coefficient (Wildman–Crippen LogP) is 1.76. The molecule has 3 N–H and O–H groups in total. The number of carbonyl (C=O) groups is 1. The number of amides is 1. The van der Waals surface area contributed by atoms with Gasteiger partial charge in [-0.2, -0.15) is 0 Å². The molecule has 0 spiro atoms. The summed E-state index contributed by atoms with van der Waals surface area (Å²) in [6.07, 6.45) is 2.33. The van der Waals surface area contributed by atoms with Crippen LogP contribution in [0.15, 0.2) is 23.1 Å². The van der Waals surface area contributed by atoms with Crippen molar-refractivity contribution in [2.75, 3.05) is 5.73 Å². The molecule has 0 atom stereocenters. The molecule has 0 aliphatic rings. The number of nitrogens with two attached hydrogens (primary N) is 1. The second-order valence-electron chi connectivity index (χ2n) is 7.10. The maximum Gasteiger partial charge on any atom is 0.251 e. The Kier molecular flexibility index (Phi) is 4.63. The minimum absolute atomic E-state index is 0.0164. The molecule has 0 radical (unpaired) electrons. The standard InChI is InChI=1S/C15H25N3O2/c1-14(2,3)10-15(4,5)17-12(19)9-18-8-11(16)6-7-13(18)20/h6-8H,9-10,16H2,1-5H3,(H,17,19). The Morgan fingerprint density at radius 2 is 1.85 bits per heavy atom. The van der Waals surface area contributed by atoms with E-state index in [0.29, 0.717) is 5.69 Å². The molecule has 1 heterocycles. The van der Waals surface area contributed by atoms with Crippen LogP contribution < -0.4 is 16.6 Å². The van der Waals surface area contributed by atoms with Gasteiger partial charge in [0, 0.05) is 23.5 Å². The number of aromatic nitrogens is 1. The Hall–Kier alpha value is -1.78. The summed E-state index contributed by atoms with van der Waals surface area (Å²) in [4.78, 5) is 23.7. The number of nitrogens with zero attached hydrogens (tertiary/aromatic N) is 1. The molecule has 20 heavy (non-hydrogen) atoms. The molecule has 0 aromatic carbocycles. The van der Waals surface area contributed by atoms with E-state index in [0.717, 1.165) is 6.42 Å². The minimum atomic E-state index is -0.320. The molecule has 5 nitrogen and oxygen atoms in total. The number of rotatable bonds is 4. The van der Waals surface area contributed by atoms with E-state index in [9.17, 15) is 9.59 Å². The first-order chi connectivity index (χ1) is 8.98. The van der Waals surface area contributed by atoms with Crippen molar-refractivity contribution >= 4 is 11.6 Å². The highest BCUT2D eigenvalue weighted by Crippen LogP contribution is 2.26. The van der Waals surface area contributed by atoms with E-state index >= 15 is 0 Å². The average Bonchev–Trinajstić information content (AvgIpc) is 2.18. The monoisotopic (exact) mass is 279 g/mol. The Morgan fingerprint density at radius 3 is 2.40 bits per heavy atom. The Labute approximate surface area is 120 Å². The smallest absolute Gasteiger partial charge is 0.251 e. The van der Waals surface area contributed by atoms with Gasteiger partial charge in [0.15, 0.2) is 0 Å². The van der Waals surface area contributed by atoms with E-state index in [-0.39, 0.29) is 29.0 Å². The van der Waals surface area contributed by atoms with Crippen molar-refractivity contribution in [3.05, 3.63) is 28.7 Å². The van der Waals surface area contributed by atoms with Gasteiger partial charge in [0.05, 0.1) is 0 Å². The van der Waals surface area contributed by atoms with Crippen LogP contribution >= 0.6 is 0 Å².